The van der Waals surface area contributed by atoms with Crippen LogP contribution in [-0.4, -0.2) is 53.5 Å². The van der Waals surface area contributed by atoms with Crippen LogP contribution in [0, 0.1) is 5.92 Å². The third-order valence-corrected chi connectivity index (χ3v) is 6.35. The van der Waals surface area contributed by atoms with Gasteiger partial charge >= 0.3 is 6.09 Å². The average molecular weight is 435 g/mol. The van der Waals surface area contributed by atoms with Crippen LogP contribution in [0.5, 0.6) is 0 Å². The molecule has 9 heteroatoms. The number of hydrogen-bond donors (Lipinski definition) is 2. The van der Waals surface area contributed by atoms with Gasteiger partial charge in [-0.3, -0.25) is 14.9 Å². The molecule has 3 aliphatic rings. The van der Waals surface area contributed by atoms with E-state index in [1.807, 2.05) is 0 Å². The van der Waals surface area contributed by atoms with Crippen molar-refractivity contribution in [2.45, 2.75) is 63.0 Å². The second kappa shape index (κ2) is 7.17. The summed E-state index contributed by atoms with van der Waals surface area (Å²) in [6.45, 7) is 5.40. The van der Waals surface area contributed by atoms with Crippen molar-refractivity contribution in [3.8, 4) is 0 Å². The lowest BCUT2D eigenvalue weighted by Gasteiger charge is -2.32. The van der Waals surface area contributed by atoms with Crippen LogP contribution in [0.15, 0.2) is 24.3 Å². The Bertz CT molecular complexity index is 912. The third-order valence-electron chi connectivity index (χ3n) is 6.35. The number of likely N-dealkylation sites (tertiary alicyclic amines) is 1. The number of ether oxygens (including phenoxy) is 1. The van der Waals surface area contributed by atoms with Crippen molar-refractivity contribution >= 4 is 23.6 Å². The van der Waals surface area contributed by atoms with Gasteiger partial charge in [0, 0.05) is 25.2 Å². The fourth-order valence-corrected chi connectivity index (χ4v) is 4.69. The molecule has 2 aliphatic heterocycles. The van der Waals surface area contributed by atoms with Gasteiger partial charge in [-0.15, -0.1) is 0 Å². The standard InChI is InChI=1S/C22H27F2N3O4/c1-20(2,3)31-19(30)27-11-10-21(16(12-27)22(21,23)24)13-4-6-14(7-5-13)25-15-8-9-17(28)26-18(15)29/h4-7,15-16,25H,8-12H2,1-3H3,(H,26,28,29)/t15-,16+,21+/m0/s1. The highest BCUT2D eigenvalue weighted by Crippen LogP contribution is 2.70. The summed E-state index contributed by atoms with van der Waals surface area (Å²) in [4.78, 5) is 36.8. The lowest BCUT2D eigenvalue weighted by Crippen LogP contribution is -2.47. The first-order valence-corrected chi connectivity index (χ1v) is 10.5. The number of hydrogen-bond acceptors (Lipinski definition) is 5. The van der Waals surface area contributed by atoms with Gasteiger partial charge < -0.3 is 15.0 Å². The largest absolute Gasteiger partial charge is 0.444 e. The minimum Gasteiger partial charge on any atom is -0.444 e. The number of piperidine rings is 2. The molecule has 0 aromatic heterocycles. The fraction of sp³-hybridized carbons (Fsp3) is 0.591. The number of anilines is 1. The lowest BCUT2D eigenvalue weighted by atomic mass is 9.87. The molecule has 3 amide bonds. The van der Waals surface area contributed by atoms with E-state index in [9.17, 15) is 23.2 Å². The Labute approximate surface area is 179 Å². The maximum absolute atomic E-state index is 14.9. The summed E-state index contributed by atoms with van der Waals surface area (Å²) >= 11 is 0. The van der Waals surface area contributed by atoms with Crippen molar-refractivity contribution in [1.82, 2.24) is 10.2 Å². The number of rotatable bonds is 3. The normalized spacial score (nSPS) is 29.6. The Morgan fingerprint density at radius 3 is 2.48 bits per heavy atom. The SMILES string of the molecule is CC(C)(C)OC(=O)N1CC[C@@]2(c3ccc(N[C@H]4CCC(=O)NC4=O)cc3)[C@@H](C1)C2(F)F. The number of alkyl halides is 2. The van der Waals surface area contributed by atoms with Gasteiger partial charge in [0.1, 0.15) is 11.6 Å². The van der Waals surface area contributed by atoms with Gasteiger partial charge in [-0.25, -0.2) is 13.6 Å². The molecule has 4 rings (SSSR count). The molecule has 0 unspecified atom stereocenters. The number of carbonyl (C=O) groups is 3. The van der Waals surface area contributed by atoms with Gasteiger partial charge in [0.15, 0.2) is 0 Å². The van der Waals surface area contributed by atoms with Crippen LogP contribution in [0.25, 0.3) is 0 Å². The number of imide groups is 1. The number of halogens is 2. The molecular weight excluding hydrogens is 408 g/mol. The summed E-state index contributed by atoms with van der Waals surface area (Å²) in [5, 5.41) is 5.33. The minimum atomic E-state index is -2.90. The van der Waals surface area contributed by atoms with Gasteiger partial charge in [-0.2, -0.15) is 0 Å². The lowest BCUT2D eigenvalue weighted by molar-refractivity contribution is -0.133. The maximum atomic E-state index is 14.9. The van der Waals surface area contributed by atoms with E-state index in [1.54, 1.807) is 45.0 Å². The van der Waals surface area contributed by atoms with Crippen LogP contribution in [0.4, 0.5) is 19.3 Å². The molecule has 1 aromatic rings. The Morgan fingerprint density at radius 1 is 1.23 bits per heavy atom. The highest BCUT2D eigenvalue weighted by atomic mass is 19.3. The predicted molar refractivity (Wildman–Crippen MR) is 109 cm³/mol. The summed E-state index contributed by atoms with van der Waals surface area (Å²) in [5.41, 5.74) is -0.802. The van der Waals surface area contributed by atoms with Gasteiger partial charge in [0.05, 0.1) is 11.3 Å². The van der Waals surface area contributed by atoms with Crippen LogP contribution in [0.1, 0.15) is 45.6 Å². The first-order valence-electron chi connectivity index (χ1n) is 10.5. The highest BCUT2D eigenvalue weighted by Gasteiger charge is 2.82. The molecule has 0 radical (unpaired) electrons. The zero-order valence-electron chi connectivity index (χ0n) is 17.8. The summed E-state index contributed by atoms with van der Waals surface area (Å²) < 4.78 is 35.1. The van der Waals surface area contributed by atoms with E-state index in [2.05, 4.69) is 10.6 Å². The molecule has 31 heavy (non-hydrogen) atoms. The van der Waals surface area contributed by atoms with E-state index in [-0.39, 0.29) is 37.7 Å². The molecule has 168 valence electrons. The Hall–Kier alpha value is -2.71. The number of fused-ring (bicyclic) bond motifs is 1. The summed E-state index contributed by atoms with van der Waals surface area (Å²) in [5.74, 6) is -4.53. The van der Waals surface area contributed by atoms with Crippen molar-refractivity contribution in [3.05, 3.63) is 29.8 Å². The Balaban J connectivity index is 1.44. The average Bonchev–Trinajstić information content (AvgIpc) is 3.19. The number of nitrogens with zero attached hydrogens (tertiary/aromatic N) is 1. The number of benzene rings is 1. The molecule has 3 atom stereocenters. The summed E-state index contributed by atoms with van der Waals surface area (Å²) in [6.07, 6.45) is 0.237. The topological polar surface area (TPSA) is 87.7 Å². The van der Waals surface area contributed by atoms with E-state index in [0.717, 1.165) is 0 Å². The molecule has 1 aromatic carbocycles. The van der Waals surface area contributed by atoms with Crippen molar-refractivity contribution in [3.63, 3.8) is 0 Å². The van der Waals surface area contributed by atoms with Gasteiger partial charge in [0.2, 0.25) is 11.8 Å². The summed E-state index contributed by atoms with van der Waals surface area (Å²) in [6, 6.07) is 6.14. The van der Waals surface area contributed by atoms with Crippen LogP contribution in [0.3, 0.4) is 0 Å². The smallest absolute Gasteiger partial charge is 0.410 e. The second-order valence-electron chi connectivity index (χ2n) is 9.55. The number of carbonyl (C=O) groups excluding carboxylic acids is 3. The van der Waals surface area contributed by atoms with E-state index >= 15 is 0 Å². The van der Waals surface area contributed by atoms with Gasteiger partial charge in [0.25, 0.3) is 5.92 Å². The number of nitrogens with one attached hydrogen (secondary N) is 2. The van der Waals surface area contributed by atoms with Gasteiger partial charge in [-0.05, 0) is 51.3 Å². The van der Waals surface area contributed by atoms with Crippen molar-refractivity contribution in [1.29, 1.82) is 0 Å². The van der Waals surface area contributed by atoms with Crippen molar-refractivity contribution < 1.29 is 27.9 Å². The van der Waals surface area contributed by atoms with E-state index < -0.39 is 35.0 Å². The zero-order chi connectivity index (χ0) is 22.6. The van der Waals surface area contributed by atoms with Crippen LogP contribution in [-0.2, 0) is 19.7 Å². The fourth-order valence-electron chi connectivity index (χ4n) is 4.69. The highest BCUT2D eigenvalue weighted by molar-refractivity contribution is 6.01. The number of amides is 3. The van der Waals surface area contributed by atoms with Gasteiger partial charge in [-0.1, -0.05) is 12.1 Å². The molecular formula is C22H27F2N3O4. The molecule has 2 saturated heterocycles. The minimum absolute atomic E-state index is 0.0435. The summed E-state index contributed by atoms with van der Waals surface area (Å²) in [7, 11) is 0. The molecule has 1 saturated carbocycles. The molecule has 0 bridgehead atoms. The Morgan fingerprint density at radius 2 is 1.90 bits per heavy atom. The van der Waals surface area contributed by atoms with E-state index in [4.69, 9.17) is 4.74 Å². The van der Waals surface area contributed by atoms with Crippen LogP contribution in [0.2, 0.25) is 0 Å². The molecule has 1 aliphatic carbocycles. The Kier molecular flexibility index (Phi) is 4.98. The van der Waals surface area contributed by atoms with E-state index in [1.165, 1.54) is 4.90 Å². The first-order chi connectivity index (χ1) is 14.4. The molecule has 3 fully saturated rings. The van der Waals surface area contributed by atoms with Crippen LogP contribution >= 0.6 is 0 Å². The predicted octanol–water partition coefficient (Wildman–Crippen LogP) is 3.05. The third kappa shape index (κ3) is 3.74. The van der Waals surface area contributed by atoms with E-state index in [0.29, 0.717) is 17.7 Å². The second-order valence-corrected chi connectivity index (χ2v) is 9.55. The monoisotopic (exact) mass is 435 g/mol. The van der Waals surface area contributed by atoms with Crippen molar-refractivity contribution in [2.24, 2.45) is 5.92 Å². The van der Waals surface area contributed by atoms with Crippen LogP contribution < -0.4 is 10.6 Å². The maximum Gasteiger partial charge on any atom is 0.410 e. The molecule has 7 nitrogen and oxygen atoms in total. The molecule has 2 heterocycles. The molecule has 0 spiro atoms. The molecule has 2 N–H and O–H groups in total. The zero-order valence-corrected chi connectivity index (χ0v) is 17.8. The first kappa shape index (κ1) is 21.5. The quantitative estimate of drug-likeness (QED) is 0.713. The van der Waals surface area contributed by atoms with Crippen molar-refractivity contribution in [2.75, 3.05) is 18.4 Å².